The molecule has 14 heavy (non-hydrogen) atoms. The fourth-order valence-electron chi connectivity index (χ4n) is 1.59. The lowest BCUT2D eigenvalue weighted by molar-refractivity contribution is -0.131. The van der Waals surface area contributed by atoms with Crippen LogP contribution in [0.2, 0.25) is 0 Å². The average molecular weight is 200 g/mol. The van der Waals surface area contributed by atoms with E-state index in [4.69, 9.17) is 4.74 Å². The molecule has 0 spiro atoms. The van der Waals surface area contributed by atoms with Gasteiger partial charge in [-0.1, -0.05) is 0 Å². The molecule has 0 aromatic rings. The number of hydrogen-bond donors (Lipinski definition) is 2. The van der Waals surface area contributed by atoms with Crippen molar-refractivity contribution in [2.45, 2.75) is 38.4 Å². The minimum atomic E-state index is -0.209. The summed E-state index contributed by atoms with van der Waals surface area (Å²) in [6.45, 7) is 3.67. The second-order valence-corrected chi connectivity index (χ2v) is 3.76. The number of rotatable bonds is 5. The van der Waals surface area contributed by atoms with E-state index < -0.39 is 0 Å². The molecule has 1 saturated heterocycles. The van der Waals surface area contributed by atoms with Crippen LogP contribution < -0.4 is 10.6 Å². The Morgan fingerprint density at radius 3 is 2.79 bits per heavy atom. The van der Waals surface area contributed by atoms with E-state index in [1.807, 2.05) is 14.0 Å². The number of carbonyl (C=O) groups excluding carboxylic acids is 1. The monoisotopic (exact) mass is 200 g/mol. The van der Waals surface area contributed by atoms with Crippen molar-refractivity contribution in [3.05, 3.63) is 0 Å². The van der Waals surface area contributed by atoms with Crippen molar-refractivity contribution in [3.8, 4) is 0 Å². The van der Waals surface area contributed by atoms with E-state index in [-0.39, 0.29) is 18.1 Å². The van der Waals surface area contributed by atoms with Gasteiger partial charge in [0, 0.05) is 6.54 Å². The first-order valence-electron chi connectivity index (χ1n) is 5.32. The predicted octanol–water partition coefficient (Wildman–Crippen LogP) is 0.280. The van der Waals surface area contributed by atoms with Crippen LogP contribution >= 0.6 is 0 Å². The van der Waals surface area contributed by atoms with Gasteiger partial charge < -0.3 is 15.4 Å². The van der Waals surface area contributed by atoms with E-state index in [1.165, 1.54) is 0 Å². The maximum Gasteiger partial charge on any atom is 0.249 e. The molecule has 4 nitrogen and oxygen atoms in total. The summed E-state index contributed by atoms with van der Waals surface area (Å²) in [5.41, 5.74) is 0. The van der Waals surface area contributed by atoms with Gasteiger partial charge in [0.05, 0.1) is 6.10 Å². The standard InChI is InChI=1S/C10H20N2O2/c1-8-4-5-9(14-8)10(13)12-7-3-6-11-2/h8-9,11H,3-7H2,1-2H3,(H,12,13). The summed E-state index contributed by atoms with van der Waals surface area (Å²) < 4.78 is 5.45. The largest absolute Gasteiger partial charge is 0.365 e. The van der Waals surface area contributed by atoms with Crippen LogP contribution in [0.15, 0.2) is 0 Å². The van der Waals surface area contributed by atoms with Gasteiger partial charge in [0.15, 0.2) is 0 Å². The lowest BCUT2D eigenvalue weighted by Gasteiger charge is -2.11. The maximum atomic E-state index is 11.5. The van der Waals surface area contributed by atoms with Crippen molar-refractivity contribution in [1.82, 2.24) is 10.6 Å². The molecule has 2 unspecified atom stereocenters. The van der Waals surface area contributed by atoms with E-state index in [0.29, 0.717) is 0 Å². The zero-order chi connectivity index (χ0) is 10.4. The normalized spacial score (nSPS) is 26.4. The molecule has 1 aliphatic rings. The highest BCUT2D eigenvalue weighted by atomic mass is 16.5. The molecule has 82 valence electrons. The van der Waals surface area contributed by atoms with E-state index in [0.717, 1.165) is 32.4 Å². The molecule has 1 heterocycles. The highest BCUT2D eigenvalue weighted by molar-refractivity contribution is 5.80. The molecule has 1 rings (SSSR count). The van der Waals surface area contributed by atoms with Crippen molar-refractivity contribution >= 4 is 5.91 Å². The fourth-order valence-corrected chi connectivity index (χ4v) is 1.59. The Balaban J connectivity index is 2.09. The molecular formula is C10H20N2O2. The molecule has 2 atom stereocenters. The Kier molecular flexibility index (Phi) is 4.90. The summed E-state index contributed by atoms with van der Waals surface area (Å²) >= 11 is 0. The quantitative estimate of drug-likeness (QED) is 0.627. The van der Waals surface area contributed by atoms with Crippen LogP contribution in [-0.2, 0) is 9.53 Å². The van der Waals surface area contributed by atoms with Crippen LogP contribution in [0.5, 0.6) is 0 Å². The van der Waals surface area contributed by atoms with E-state index in [2.05, 4.69) is 10.6 Å². The zero-order valence-corrected chi connectivity index (χ0v) is 9.01. The molecule has 4 heteroatoms. The molecule has 1 amide bonds. The zero-order valence-electron chi connectivity index (χ0n) is 9.01. The van der Waals surface area contributed by atoms with Gasteiger partial charge in [-0.15, -0.1) is 0 Å². The molecule has 2 N–H and O–H groups in total. The van der Waals surface area contributed by atoms with Gasteiger partial charge in [0.2, 0.25) is 5.91 Å². The summed E-state index contributed by atoms with van der Waals surface area (Å²) in [7, 11) is 1.91. The van der Waals surface area contributed by atoms with Crippen molar-refractivity contribution < 1.29 is 9.53 Å². The highest BCUT2D eigenvalue weighted by Gasteiger charge is 2.27. The lowest BCUT2D eigenvalue weighted by atomic mass is 10.2. The Hall–Kier alpha value is -0.610. The van der Waals surface area contributed by atoms with Gasteiger partial charge in [0.1, 0.15) is 6.10 Å². The van der Waals surface area contributed by atoms with Crippen LogP contribution in [0.3, 0.4) is 0 Å². The number of carbonyl (C=O) groups is 1. The first-order chi connectivity index (χ1) is 6.74. The van der Waals surface area contributed by atoms with E-state index >= 15 is 0 Å². The number of amides is 1. The number of nitrogens with one attached hydrogen (secondary N) is 2. The van der Waals surface area contributed by atoms with Gasteiger partial charge in [-0.25, -0.2) is 0 Å². The Labute approximate surface area is 85.4 Å². The molecule has 1 fully saturated rings. The predicted molar refractivity (Wildman–Crippen MR) is 55.1 cm³/mol. The van der Waals surface area contributed by atoms with Gasteiger partial charge in [0.25, 0.3) is 0 Å². The second kappa shape index (κ2) is 5.98. The molecular weight excluding hydrogens is 180 g/mol. The first-order valence-corrected chi connectivity index (χ1v) is 5.32. The number of ether oxygens (including phenoxy) is 1. The number of hydrogen-bond acceptors (Lipinski definition) is 3. The Morgan fingerprint density at radius 2 is 2.21 bits per heavy atom. The van der Waals surface area contributed by atoms with Crippen LogP contribution in [-0.4, -0.2) is 38.3 Å². The van der Waals surface area contributed by atoms with Crippen LogP contribution in [0.25, 0.3) is 0 Å². The summed E-state index contributed by atoms with van der Waals surface area (Å²) in [6, 6.07) is 0. The molecule has 0 aliphatic carbocycles. The fraction of sp³-hybridized carbons (Fsp3) is 0.900. The molecule has 1 aliphatic heterocycles. The molecule has 0 bridgehead atoms. The van der Waals surface area contributed by atoms with Crippen molar-refractivity contribution in [1.29, 1.82) is 0 Å². The smallest absolute Gasteiger partial charge is 0.249 e. The highest BCUT2D eigenvalue weighted by Crippen LogP contribution is 2.18. The Morgan fingerprint density at radius 1 is 1.43 bits per heavy atom. The van der Waals surface area contributed by atoms with Crippen molar-refractivity contribution in [2.75, 3.05) is 20.1 Å². The van der Waals surface area contributed by atoms with Crippen LogP contribution in [0.1, 0.15) is 26.2 Å². The van der Waals surface area contributed by atoms with E-state index in [9.17, 15) is 4.79 Å². The van der Waals surface area contributed by atoms with Crippen LogP contribution in [0.4, 0.5) is 0 Å². The van der Waals surface area contributed by atoms with Crippen molar-refractivity contribution in [2.24, 2.45) is 0 Å². The molecule has 0 radical (unpaired) electrons. The third-order valence-electron chi connectivity index (χ3n) is 2.43. The summed E-state index contributed by atoms with van der Waals surface area (Å²) in [5.74, 6) is 0.0467. The third kappa shape index (κ3) is 3.64. The van der Waals surface area contributed by atoms with E-state index in [1.54, 1.807) is 0 Å². The molecule has 0 aromatic heterocycles. The first kappa shape index (κ1) is 11.5. The lowest BCUT2D eigenvalue weighted by Crippen LogP contribution is -2.35. The minimum absolute atomic E-state index is 0.0467. The second-order valence-electron chi connectivity index (χ2n) is 3.76. The van der Waals surface area contributed by atoms with Gasteiger partial charge in [-0.05, 0) is 39.8 Å². The maximum absolute atomic E-state index is 11.5. The molecule has 0 saturated carbocycles. The summed E-state index contributed by atoms with van der Waals surface area (Å²) in [5, 5.41) is 5.91. The van der Waals surface area contributed by atoms with Gasteiger partial charge in [-0.3, -0.25) is 4.79 Å². The van der Waals surface area contributed by atoms with Crippen LogP contribution in [0, 0.1) is 0 Å². The third-order valence-corrected chi connectivity index (χ3v) is 2.43. The molecule has 0 aromatic carbocycles. The summed E-state index contributed by atoms with van der Waals surface area (Å²) in [4.78, 5) is 11.5. The average Bonchev–Trinajstić information content (AvgIpc) is 2.59. The van der Waals surface area contributed by atoms with Crippen molar-refractivity contribution in [3.63, 3.8) is 0 Å². The Bertz CT molecular complexity index is 185. The SMILES string of the molecule is CNCCCNC(=O)C1CCC(C)O1. The summed E-state index contributed by atoms with van der Waals surface area (Å²) in [6.07, 6.45) is 2.85. The topological polar surface area (TPSA) is 50.4 Å². The van der Waals surface area contributed by atoms with Gasteiger partial charge in [-0.2, -0.15) is 0 Å². The van der Waals surface area contributed by atoms with Gasteiger partial charge >= 0.3 is 0 Å². The minimum Gasteiger partial charge on any atom is -0.365 e.